The molecule has 28 heavy (non-hydrogen) atoms. The van der Waals surface area contributed by atoms with Crippen molar-refractivity contribution in [2.75, 3.05) is 24.5 Å². The van der Waals surface area contributed by atoms with Crippen LogP contribution < -0.4 is 4.90 Å². The fourth-order valence-electron chi connectivity index (χ4n) is 4.25. The molecule has 3 rings (SSSR count). The van der Waals surface area contributed by atoms with E-state index in [4.69, 9.17) is 5.11 Å². The van der Waals surface area contributed by atoms with Crippen molar-refractivity contribution in [2.24, 2.45) is 11.8 Å². The lowest BCUT2D eigenvalue weighted by molar-refractivity contribution is -0.141. The number of piperidine rings is 1. The molecule has 2 fully saturated rings. The highest BCUT2D eigenvalue weighted by Crippen LogP contribution is 2.30. The van der Waals surface area contributed by atoms with Gasteiger partial charge in [0.05, 0.1) is 0 Å². The van der Waals surface area contributed by atoms with Crippen LogP contribution in [0.5, 0.6) is 0 Å². The normalized spacial score (nSPS) is 22.8. The van der Waals surface area contributed by atoms with E-state index < -0.39 is 11.9 Å². The van der Waals surface area contributed by atoms with E-state index >= 15 is 0 Å². The zero-order chi connectivity index (χ0) is 20.3. The molecule has 2 amide bonds. The van der Waals surface area contributed by atoms with Gasteiger partial charge in [-0.3, -0.25) is 14.4 Å². The van der Waals surface area contributed by atoms with Gasteiger partial charge in [0, 0.05) is 31.7 Å². The van der Waals surface area contributed by atoms with Crippen LogP contribution in [-0.4, -0.2) is 47.4 Å². The summed E-state index contributed by atoms with van der Waals surface area (Å²) in [5.74, 6) is -0.964. The topological polar surface area (TPSA) is 77.9 Å². The lowest BCUT2D eigenvalue weighted by atomic mass is 9.92. The Balaban J connectivity index is 1.62. The average molecular weight is 386 g/mol. The smallest absolute Gasteiger partial charge is 0.303 e. The molecule has 2 heterocycles. The quantitative estimate of drug-likeness (QED) is 0.761. The molecule has 0 bridgehead atoms. The first-order chi connectivity index (χ1) is 13.4. The minimum Gasteiger partial charge on any atom is -0.481 e. The number of nitrogens with zero attached hydrogens (tertiary/aromatic N) is 2. The van der Waals surface area contributed by atoms with Gasteiger partial charge in [0.1, 0.15) is 5.92 Å². The van der Waals surface area contributed by atoms with E-state index in [0.29, 0.717) is 38.4 Å². The number of hydrogen-bond acceptors (Lipinski definition) is 3. The third-order valence-corrected chi connectivity index (χ3v) is 5.97. The molecular weight excluding hydrogens is 356 g/mol. The molecule has 2 aliphatic heterocycles. The van der Waals surface area contributed by atoms with Crippen LogP contribution in [0.1, 0.15) is 57.4 Å². The van der Waals surface area contributed by atoms with Gasteiger partial charge in [-0.15, -0.1) is 0 Å². The number of likely N-dealkylation sites (tertiary alicyclic amines) is 1. The van der Waals surface area contributed by atoms with Crippen LogP contribution in [0.15, 0.2) is 24.3 Å². The molecular formula is C22H30N2O4. The third kappa shape index (κ3) is 4.54. The number of carboxylic acid groups (broad SMARTS) is 1. The molecule has 0 spiro atoms. The molecule has 2 saturated heterocycles. The second kappa shape index (κ2) is 8.76. The van der Waals surface area contributed by atoms with Gasteiger partial charge in [0.15, 0.2) is 0 Å². The Kier molecular flexibility index (Phi) is 6.37. The molecule has 1 N–H and O–H groups in total. The third-order valence-electron chi connectivity index (χ3n) is 5.97. The number of hydrogen-bond donors (Lipinski definition) is 1. The van der Waals surface area contributed by atoms with E-state index in [0.717, 1.165) is 18.5 Å². The van der Waals surface area contributed by atoms with Gasteiger partial charge in [0.2, 0.25) is 11.8 Å². The fraction of sp³-hybridized carbons (Fsp3) is 0.591. The summed E-state index contributed by atoms with van der Waals surface area (Å²) in [7, 11) is 0. The number of aliphatic carboxylic acids is 1. The van der Waals surface area contributed by atoms with Gasteiger partial charge in [-0.05, 0) is 55.2 Å². The Morgan fingerprint density at radius 1 is 1.14 bits per heavy atom. The summed E-state index contributed by atoms with van der Waals surface area (Å²) >= 11 is 0. The molecule has 1 aromatic carbocycles. The highest BCUT2D eigenvalue weighted by molar-refractivity contribution is 6.09. The number of carbonyl (C=O) groups is 3. The molecule has 2 unspecified atom stereocenters. The molecule has 0 radical (unpaired) electrons. The molecule has 0 saturated carbocycles. The molecule has 1 aromatic rings. The molecule has 0 aromatic heterocycles. The molecule has 2 aliphatic rings. The largest absolute Gasteiger partial charge is 0.481 e. The molecule has 2 atom stereocenters. The minimum absolute atomic E-state index is 0.0914. The lowest BCUT2D eigenvalue weighted by Gasteiger charge is -2.34. The van der Waals surface area contributed by atoms with Gasteiger partial charge >= 0.3 is 5.97 Å². The van der Waals surface area contributed by atoms with E-state index in [1.54, 1.807) is 9.80 Å². The highest BCUT2D eigenvalue weighted by Gasteiger charge is 2.40. The number of benzene rings is 1. The van der Waals surface area contributed by atoms with E-state index in [-0.39, 0.29) is 24.2 Å². The van der Waals surface area contributed by atoms with Crippen molar-refractivity contribution in [2.45, 2.75) is 51.9 Å². The Morgan fingerprint density at radius 2 is 1.86 bits per heavy atom. The van der Waals surface area contributed by atoms with Crippen LogP contribution in [0, 0.1) is 11.8 Å². The number of amides is 2. The zero-order valence-electron chi connectivity index (χ0n) is 16.8. The second-order valence-corrected chi connectivity index (χ2v) is 8.30. The van der Waals surface area contributed by atoms with E-state index in [1.807, 2.05) is 24.3 Å². The van der Waals surface area contributed by atoms with Crippen molar-refractivity contribution in [1.82, 2.24) is 4.90 Å². The van der Waals surface area contributed by atoms with Crippen molar-refractivity contribution in [3.63, 3.8) is 0 Å². The van der Waals surface area contributed by atoms with Crippen LogP contribution in [0.4, 0.5) is 5.69 Å². The number of carboxylic acids is 1. The first-order valence-corrected chi connectivity index (χ1v) is 10.3. The molecule has 6 nitrogen and oxygen atoms in total. The van der Waals surface area contributed by atoms with E-state index in [2.05, 4.69) is 13.8 Å². The van der Waals surface area contributed by atoms with Gasteiger partial charge in [-0.1, -0.05) is 26.0 Å². The maximum atomic E-state index is 13.0. The minimum atomic E-state index is -0.798. The summed E-state index contributed by atoms with van der Waals surface area (Å²) < 4.78 is 0. The zero-order valence-corrected chi connectivity index (χ0v) is 16.8. The summed E-state index contributed by atoms with van der Waals surface area (Å²) in [5.41, 5.74) is 2.08. The van der Waals surface area contributed by atoms with Crippen LogP contribution in [0.3, 0.4) is 0 Å². The summed E-state index contributed by atoms with van der Waals surface area (Å²) in [6.45, 7) is 6.06. The Hall–Kier alpha value is -2.37. The predicted molar refractivity (Wildman–Crippen MR) is 107 cm³/mol. The van der Waals surface area contributed by atoms with Gasteiger partial charge in [0.25, 0.3) is 0 Å². The first kappa shape index (κ1) is 20.4. The van der Waals surface area contributed by atoms with E-state index in [1.165, 1.54) is 5.56 Å². The van der Waals surface area contributed by atoms with Crippen LogP contribution >= 0.6 is 0 Å². The standard InChI is InChI=1S/C22H30N2O4/c1-15(2)17-6-8-18(9-7-17)24-13-11-19(22(24)28)21(27)23-12-3-4-16(14-23)5-10-20(25)26/h6-9,15-16,19H,3-5,10-14H2,1-2H3,(H,25,26). The summed E-state index contributed by atoms with van der Waals surface area (Å²) in [5, 5.41) is 8.88. The van der Waals surface area contributed by atoms with Crippen LogP contribution in [0.25, 0.3) is 0 Å². The maximum Gasteiger partial charge on any atom is 0.303 e. The molecule has 0 aliphatic carbocycles. The molecule has 6 heteroatoms. The lowest BCUT2D eigenvalue weighted by Crippen LogP contribution is -2.45. The SMILES string of the molecule is CC(C)c1ccc(N2CCC(C(=O)N3CCCC(CCC(=O)O)C3)C2=O)cc1. The van der Waals surface area contributed by atoms with Gasteiger partial charge in [-0.25, -0.2) is 0 Å². The average Bonchev–Trinajstić information content (AvgIpc) is 3.07. The Labute approximate surface area is 166 Å². The molecule has 152 valence electrons. The first-order valence-electron chi connectivity index (χ1n) is 10.3. The summed E-state index contributed by atoms with van der Waals surface area (Å²) in [6, 6.07) is 8.01. The van der Waals surface area contributed by atoms with E-state index in [9.17, 15) is 14.4 Å². The number of anilines is 1. The maximum absolute atomic E-state index is 13.0. The van der Waals surface area contributed by atoms with Gasteiger partial charge < -0.3 is 14.9 Å². The number of rotatable bonds is 6. The summed E-state index contributed by atoms with van der Waals surface area (Å²) in [4.78, 5) is 40.2. The van der Waals surface area contributed by atoms with Crippen molar-refractivity contribution in [3.8, 4) is 0 Å². The van der Waals surface area contributed by atoms with Crippen molar-refractivity contribution in [1.29, 1.82) is 0 Å². The van der Waals surface area contributed by atoms with Crippen molar-refractivity contribution >= 4 is 23.5 Å². The number of carbonyl (C=O) groups excluding carboxylic acids is 2. The van der Waals surface area contributed by atoms with Crippen LogP contribution in [0.2, 0.25) is 0 Å². The summed E-state index contributed by atoms with van der Waals surface area (Å²) in [6.07, 6.45) is 3.09. The highest BCUT2D eigenvalue weighted by atomic mass is 16.4. The monoisotopic (exact) mass is 386 g/mol. The Morgan fingerprint density at radius 3 is 2.50 bits per heavy atom. The second-order valence-electron chi connectivity index (χ2n) is 8.30. The van der Waals surface area contributed by atoms with Crippen LogP contribution in [-0.2, 0) is 14.4 Å². The fourth-order valence-corrected chi connectivity index (χ4v) is 4.25. The Bertz CT molecular complexity index is 729. The van der Waals surface area contributed by atoms with Gasteiger partial charge in [-0.2, -0.15) is 0 Å². The predicted octanol–water partition coefficient (Wildman–Crippen LogP) is 3.27. The van der Waals surface area contributed by atoms with Crippen molar-refractivity contribution < 1.29 is 19.5 Å². The van der Waals surface area contributed by atoms with Crippen molar-refractivity contribution in [3.05, 3.63) is 29.8 Å².